The van der Waals surface area contributed by atoms with Gasteiger partial charge in [0.1, 0.15) is 17.0 Å². The summed E-state index contributed by atoms with van der Waals surface area (Å²) < 4.78 is 27.7. The maximum Gasteiger partial charge on any atom is 0.242 e. The molecule has 3 aliphatic rings. The second kappa shape index (κ2) is 12.6. The van der Waals surface area contributed by atoms with Gasteiger partial charge in [-0.25, -0.2) is 4.39 Å². The van der Waals surface area contributed by atoms with E-state index in [0.29, 0.717) is 34.1 Å². The molecule has 2 amide bonds. The number of hydrogen-bond acceptors (Lipinski definition) is 6. The molecule has 3 aliphatic heterocycles. The van der Waals surface area contributed by atoms with E-state index in [9.17, 15) is 9.59 Å². The second-order valence-corrected chi connectivity index (χ2v) is 15.0. The van der Waals surface area contributed by atoms with E-state index in [1.807, 2.05) is 32.0 Å². The monoisotopic (exact) mass is 682 g/mol. The normalized spacial score (nSPS) is 27.1. The Morgan fingerprint density at radius 2 is 1.83 bits per heavy atom. The average molecular weight is 684 g/mol. The third-order valence-corrected chi connectivity index (χ3v) is 9.98. The molecule has 2 saturated heterocycles. The first-order chi connectivity index (χ1) is 22.2. The predicted molar refractivity (Wildman–Crippen MR) is 185 cm³/mol. The van der Waals surface area contributed by atoms with Crippen molar-refractivity contribution in [2.24, 2.45) is 5.41 Å². The number of nitrogens with one attached hydrogen (secondary N) is 3. The van der Waals surface area contributed by atoms with Gasteiger partial charge >= 0.3 is 0 Å². The van der Waals surface area contributed by atoms with Crippen LogP contribution in [-0.2, 0) is 19.7 Å². The van der Waals surface area contributed by atoms with Crippen molar-refractivity contribution < 1.29 is 23.5 Å². The molecular weight excluding hydrogens is 642 g/mol. The number of halogens is 3. The fourth-order valence-electron chi connectivity index (χ4n) is 7.73. The van der Waals surface area contributed by atoms with Gasteiger partial charge < -0.3 is 30.3 Å². The van der Waals surface area contributed by atoms with Crippen molar-refractivity contribution >= 4 is 52.1 Å². The number of ether oxygens (including phenoxy) is 2. The first-order valence-corrected chi connectivity index (χ1v) is 16.7. The second-order valence-electron chi connectivity index (χ2n) is 14.1. The molecule has 0 bridgehead atoms. The molecule has 250 valence electrons. The Kier molecular flexibility index (Phi) is 8.98. The summed E-state index contributed by atoms with van der Waals surface area (Å²) in [6.07, 6.45) is 0.659. The van der Waals surface area contributed by atoms with Gasteiger partial charge in [-0.1, -0.05) is 62.2 Å². The van der Waals surface area contributed by atoms with Gasteiger partial charge in [0.2, 0.25) is 11.8 Å². The van der Waals surface area contributed by atoms with Crippen molar-refractivity contribution in [1.82, 2.24) is 5.32 Å². The van der Waals surface area contributed by atoms with Crippen LogP contribution in [0.3, 0.4) is 0 Å². The number of carbonyl (C=O) groups is 2. The fraction of sp³-hybridized carbons (Fsp3) is 0.444. The summed E-state index contributed by atoms with van der Waals surface area (Å²) >= 11 is 12.7. The molecule has 1 spiro atoms. The molecule has 3 aromatic carbocycles. The van der Waals surface area contributed by atoms with Gasteiger partial charge in [0.15, 0.2) is 0 Å². The lowest BCUT2D eigenvalue weighted by molar-refractivity contribution is -0.122. The van der Waals surface area contributed by atoms with Gasteiger partial charge in [0.25, 0.3) is 0 Å². The van der Waals surface area contributed by atoms with E-state index in [1.165, 1.54) is 6.07 Å². The minimum absolute atomic E-state index is 0.0729. The highest BCUT2D eigenvalue weighted by atomic mass is 35.5. The summed E-state index contributed by atoms with van der Waals surface area (Å²) in [7, 11) is 1.55. The Morgan fingerprint density at radius 3 is 2.51 bits per heavy atom. The molecule has 6 unspecified atom stereocenters. The lowest BCUT2D eigenvalue weighted by atomic mass is 9.62. The first kappa shape index (κ1) is 33.5. The van der Waals surface area contributed by atoms with Crippen LogP contribution >= 0.6 is 23.2 Å². The maximum atomic E-state index is 16.1. The zero-order chi connectivity index (χ0) is 33.8. The molecule has 3 heterocycles. The van der Waals surface area contributed by atoms with E-state index in [0.717, 1.165) is 18.8 Å². The molecule has 6 atom stereocenters. The lowest BCUT2D eigenvalue weighted by Crippen LogP contribution is -2.49. The number of fused-ring (bicyclic) bond motifs is 2. The summed E-state index contributed by atoms with van der Waals surface area (Å²) in [4.78, 5) is 31.1. The van der Waals surface area contributed by atoms with Crippen LogP contribution in [0.4, 0.5) is 21.5 Å². The van der Waals surface area contributed by atoms with Gasteiger partial charge in [-0.15, -0.1) is 0 Å². The van der Waals surface area contributed by atoms with Crippen LogP contribution in [0, 0.1) is 11.2 Å². The van der Waals surface area contributed by atoms with Gasteiger partial charge in [-0.05, 0) is 67.1 Å². The molecule has 6 rings (SSSR count). The van der Waals surface area contributed by atoms with E-state index >= 15 is 4.39 Å². The van der Waals surface area contributed by atoms with Gasteiger partial charge in [-0.2, -0.15) is 0 Å². The number of nitrogens with zero attached hydrogens (tertiary/aromatic N) is 1. The number of methoxy groups -OCH3 is 1. The summed E-state index contributed by atoms with van der Waals surface area (Å²) in [5, 5.41) is 9.93. The number of carbonyl (C=O) groups excluding carboxylic acids is 2. The van der Waals surface area contributed by atoms with Crippen LogP contribution in [-0.4, -0.2) is 56.3 Å². The molecule has 0 aliphatic carbocycles. The lowest BCUT2D eigenvalue weighted by Gasteiger charge is -2.37. The van der Waals surface area contributed by atoms with Crippen molar-refractivity contribution in [3.8, 4) is 5.75 Å². The fourth-order valence-corrected chi connectivity index (χ4v) is 8.09. The van der Waals surface area contributed by atoms with Crippen molar-refractivity contribution in [2.45, 2.75) is 76.7 Å². The smallest absolute Gasteiger partial charge is 0.242 e. The van der Waals surface area contributed by atoms with Crippen LogP contribution in [0.1, 0.15) is 58.1 Å². The van der Waals surface area contributed by atoms with Crippen LogP contribution in [0.25, 0.3) is 0 Å². The van der Waals surface area contributed by atoms with E-state index < -0.39 is 35.1 Å². The standard InChI is InChI=1S/C36H41Cl2FN4O4/c1-19-17-43(18-20(2)47-19)22-11-13-26(28(15-22)46-6)40-33(44)32-30(23-8-7-9-25(38)31(23)39)36(29(42-32)16-35(3,4)5)24-12-10-21(37)14-27(24)41-34(36)45/h7-15,19-20,29-30,32,42H,16-18H2,1-6H3,(H,40,44)(H,41,45). The van der Waals surface area contributed by atoms with E-state index in [-0.39, 0.29) is 34.1 Å². The largest absolute Gasteiger partial charge is 0.494 e. The van der Waals surface area contributed by atoms with Crippen molar-refractivity contribution in [3.63, 3.8) is 0 Å². The molecule has 0 radical (unpaired) electrons. The molecule has 11 heteroatoms. The van der Waals surface area contributed by atoms with E-state index in [2.05, 4.69) is 41.6 Å². The van der Waals surface area contributed by atoms with Crippen LogP contribution in [0.15, 0.2) is 54.6 Å². The predicted octanol–water partition coefficient (Wildman–Crippen LogP) is 7.14. The topological polar surface area (TPSA) is 91.9 Å². The minimum Gasteiger partial charge on any atom is -0.494 e. The average Bonchev–Trinajstić information content (AvgIpc) is 3.47. The third-order valence-electron chi connectivity index (χ3n) is 9.45. The van der Waals surface area contributed by atoms with Gasteiger partial charge in [-0.3, -0.25) is 9.59 Å². The molecule has 2 fully saturated rings. The Morgan fingerprint density at radius 1 is 1.11 bits per heavy atom. The maximum absolute atomic E-state index is 16.1. The number of anilines is 3. The molecule has 0 aromatic heterocycles. The summed E-state index contributed by atoms with van der Waals surface area (Å²) in [5.74, 6) is -1.91. The number of benzene rings is 3. The quantitative estimate of drug-likeness (QED) is 0.256. The van der Waals surface area contributed by atoms with Crippen molar-refractivity contribution in [2.75, 3.05) is 35.7 Å². The zero-order valence-corrected chi connectivity index (χ0v) is 28.9. The van der Waals surface area contributed by atoms with Crippen LogP contribution in [0.5, 0.6) is 5.75 Å². The summed E-state index contributed by atoms with van der Waals surface area (Å²) in [6.45, 7) is 11.8. The number of morpholine rings is 1. The van der Waals surface area contributed by atoms with Gasteiger partial charge in [0, 0.05) is 47.5 Å². The van der Waals surface area contributed by atoms with Gasteiger partial charge in [0.05, 0.1) is 36.1 Å². The number of hydrogen-bond donors (Lipinski definition) is 3. The third kappa shape index (κ3) is 6.07. The Balaban J connectivity index is 1.44. The van der Waals surface area contributed by atoms with Crippen molar-refractivity contribution in [1.29, 1.82) is 0 Å². The summed E-state index contributed by atoms with van der Waals surface area (Å²) in [6, 6.07) is 14.0. The molecular formula is C36H41Cl2FN4O4. The number of rotatable bonds is 6. The highest BCUT2D eigenvalue weighted by Crippen LogP contribution is 2.57. The Bertz CT molecular complexity index is 1700. The molecule has 0 saturated carbocycles. The van der Waals surface area contributed by atoms with Crippen LogP contribution in [0.2, 0.25) is 10.0 Å². The number of amides is 2. The minimum atomic E-state index is -1.35. The molecule has 47 heavy (non-hydrogen) atoms. The van der Waals surface area contributed by atoms with E-state index in [1.54, 1.807) is 37.4 Å². The summed E-state index contributed by atoms with van der Waals surface area (Å²) in [5.41, 5.74) is 1.18. The highest BCUT2D eigenvalue weighted by molar-refractivity contribution is 6.31. The SMILES string of the molecule is COc1cc(N2CC(C)OC(C)C2)ccc1NC(=O)C1NC(CC(C)(C)C)C2(C(=O)Nc3cc(Cl)ccc32)C1c1cccc(Cl)c1F. The molecule has 3 N–H and O–H groups in total. The van der Waals surface area contributed by atoms with Crippen LogP contribution < -0.4 is 25.6 Å². The molecule has 3 aromatic rings. The van der Waals surface area contributed by atoms with E-state index in [4.69, 9.17) is 32.7 Å². The van der Waals surface area contributed by atoms with Crippen molar-refractivity contribution in [3.05, 3.63) is 81.6 Å². The first-order valence-electron chi connectivity index (χ1n) is 15.9. The zero-order valence-electron chi connectivity index (χ0n) is 27.4. The Hall–Kier alpha value is -3.37. The Labute approximate surface area is 285 Å². The highest BCUT2D eigenvalue weighted by Gasteiger charge is 2.66. The molecule has 8 nitrogen and oxygen atoms in total.